The quantitative estimate of drug-likeness (QED) is 0.842. The zero-order valence-electron chi connectivity index (χ0n) is 10.8. The number of rotatable bonds is 4. The maximum Gasteiger partial charge on any atom is 0.272 e. The first-order valence-electron chi connectivity index (χ1n) is 6.22. The van der Waals surface area contributed by atoms with Gasteiger partial charge >= 0.3 is 0 Å². The smallest absolute Gasteiger partial charge is 0.272 e. The zero-order chi connectivity index (χ0) is 13.1. The zero-order valence-corrected chi connectivity index (χ0v) is 11.6. The van der Waals surface area contributed by atoms with Crippen molar-refractivity contribution in [3.8, 4) is 0 Å². The summed E-state index contributed by atoms with van der Waals surface area (Å²) in [5.41, 5.74) is 2.67. The molecule has 0 aromatic carbocycles. The maximum atomic E-state index is 12.0. The molecule has 0 spiro atoms. The van der Waals surface area contributed by atoms with Crippen LogP contribution >= 0.6 is 0 Å². The number of amides is 1. The Morgan fingerprint density at radius 3 is 3.11 bits per heavy atom. The average molecular weight is 269 g/mol. The van der Waals surface area contributed by atoms with E-state index in [2.05, 4.69) is 22.4 Å². The maximum absolute atomic E-state index is 12.0. The topological polar surface area (TPSA) is 74.8 Å². The standard InChI is InChI=1S/C12H19N3O2S/c1-8-3-4-10-9(7-8)11(15-14-10)12(16)13-5-6-18(2)17/h8H,3-7H2,1-2H3,(H,13,16)(H,14,15)/t8-,18-/m0/s1. The summed E-state index contributed by atoms with van der Waals surface area (Å²) in [6.45, 7) is 2.62. The molecule has 2 atom stereocenters. The number of nitrogens with one attached hydrogen (secondary N) is 2. The van der Waals surface area contributed by atoms with Gasteiger partial charge in [-0.05, 0) is 25.2 Å². The van der Waals surface area contributed by atoms with Gasteiger partial charge in [-0.1, -0.05) is 6.92 Å². The van der Waals surface area contributed by atoms with Crippen molar-refractivity contribution in [2.75, 3.05) is 18.6 Å². The summed E-state index contributed by atoms with van der Waals surface area (Å²) in [6, 6.07) is 0. The lowest BCUT2D eigenvalue weighted by Gasteiger charge is -2.17. The third kappa shape index (κ3) is 2.98. The molecule has 0 radical (unpaired) electrons. The lowest BCUT2D eigenvalue weighted by atomic mass is 9.88. The number of carbonyl (C=O) groups is 1. The minimum Gasteiger partial charge on any atom is -0.350 e. The van der Waals surface area contributed by atoms with E-state index in [-0.39, 0.29) is 5.91 Å². The summed E-state index contributed by atoms with van der Waals surface area (Å²) < 4.78 is 10.9. The normalized spacial score (nSPS) is 20.2. The number of aromatic nitrogens is 2. The number of fused-ring (bicyclic) bond motifs is 1. The largest absolute Gasteiger partial charge is 0.350 e. The molecule has 1 amide bonds. The first-order chi connectivity index (χ1) is 8.58. The Balaban J connectivity index is 2.02. The van der Waals surface area contributed by atoms with Crippen molar-refractivity contribution in [3.05, 3.63) is 17.0 Å². The highest BCUT2D eigenvalue weighted by Crippen LogP contribution is 2.25. The SMILES string of the molecule is C[C@H]1CCc2[nH]nc(C(=O)NCC[S@](C)=O)c2C1. The fourth-order valence-corrected chi connectivity index (χ4v) is 2.64. The second kappa shape index (κ2) is 5.65. The number of hydrogen-bond acceptors (Lipinski definition) is 3. The third-order valence-electron chi connectivity index (χ3n) is 3.28. The Hall–Kier alpha value is -1.17. The molecule has 1 aliphatic rings. The van der Waals surface area contributed by atoms with Crippen LogP contribution < -0.4 is 5.32 Å². The molecule has 0 fully saturated rings. The van der Waals surface area contributed by atoms with E-state index < -0.39 is 10.8 Å². The van der Waals surface area contributed by atoms with Crippen LogP contribution in [0.25, 0.3) is 0 Å². The van der Waals surface area contributed by atoms with Crippen LogP contribution in [0.5, 0.6) is 0 Å². The van der Waals surface area contributed by atoms with E-state index in [0.29, 0.717) is 23.9 Å². The van der Waals surface area contributed by atoms with E-state index in [0.717, 1.165) is 30.5 Å². The molecule has 18 heavy (non-hydrogen) atoms. The highest BCUT2D eigenvalue weighted by atomic mass is 32.2. The van der Waals surface area contributed by atoms with Crippen molar-refractivity contribution >= 4 is 16.7 Å². The van der Waals surface area contributed by atoms with Crippen molar-refractivity contribution in [2.24, 2.45) is 5.92 Å². The molecule has 6 heteroatoms. The highest BCUT2D eigenvalue weighted by Gasteiger charge is 2.24. The van der Waals surface area contributed by atoms with Gasteiger partial charge < -0.3 is 5.32 Å². The first-order valence-corrected chi connectivity index (χ1v) is 7.95. The van der Waals surface area contributed by atoms with Crippen LogP contribution in [0, 0.1) is 5.92 Å². The summed E-state index contributed by atoms with van der Waals surface area (Å²) in [6.07, 6.45) is 4.65. The second-order valence-corrected chi connectivity index (χ2v) is 6.47. The molecule has 1 heterocycles. The summed E-state index contributed by atoms with van der Waals surface area (Å²) in [5, 5.41) is 9.84. The molecule has 5 nitrogen and oxygen atoms in total. The number of nitrogens with zero attached hydrogens (tertiary/aromatic N) is 1. The molecule has 1 aromatic heterocycles. The summed E-state index contributed by atoms with van der Waals surface area (Å²) in [4.78, 5) is 12.0. The van der Waals surface area contributed by atoms with Gasteiger partial charge in [0, 0.05) is 40.6 Å². The predicted molar refractivity (Wildman–Crippen MR) is 71.0 cm³/mol. The molecule has 0 unspecified atom stereocenters. The Bertz CT molecular complexity index is 470. The predicted octanol–water partition coefficient (Wildman–Crippen LogP) is 0.643. The van der Waals surface area contributed by atoms with Gasteiger partial charge in [-0.25, -0.2) is 0 Å². The third-order valence-corrected chi connectivity index (χ3v) is 4.06. The van der Waals surface area contributed by atoms with Gasteiger partial charge in [0.25, 0.3) is 5.91 Å². The molecule has 100 valence electrons. The molecule has 1 aliphatic carbocycles. The van der Waals surface area contributed by atoms with Gasteiger partial charge in [0.1, 0.15) is 0 Å². The second-order valence-electron chi connectivity index (χ2n) is 4.91. The number of aryl methyl sites for hydroxylation is 1. The molecule has 2 rings (SSSR count). The van der Waals surface area contributed by atoms with Crippen LogP contribution in [0.1, 0.15) is 35.1 Å². The fraction of sp³-hybridized carbons (Fsp3) is 0.667. The van der Waals surface area contributed by atoms with Gasteiger partial charge in [0.15, 0.2) is 5.69 Å². The molecule has 0 aliphatic heterocycles. The van der Waals surface area contributed by atoms with Crippen molar-refractivity contribution < 1.29 is 9.00 Å². The number of carbonyl (C=O) groups excluding carboxylic acids is 1. The molecule has 2 N–H and O–H groups in total. The minimum atomic E-state index is -0.879. The Kier molecular flexibility index (Phi) is 4.16. The van der Waals surface area contributed by atoms with E-state index in [4.69, 9.17) is 0 Å². The minimum absolute atomic E-state index is 0.160. The number of hydrogen-bond donors (Lipinski definition) is 2. The molecular weight excluding hydrogens is 250 g/mol. The summed E-state index contributed by atoms with van der Waals surface area (Å²) >= 11 is 0. The average Bonchev–Trinajstić information content (AvgIpc) is 2.71. The van der Waals surface area contributed by atoms with Crippen molar-refractivity contribution in [3.63, 3.8) is 0 Å². The fourth-order valence-electron chi connectivity index (χ4n) is 2.25. The van der Waals surface area contributed by atoms with Gasteiger partial charge in [-0.2, -0.15) is 5.10 Å². The Morgan fingerprint density at radius 2 is 2.39 bits per heavy atom. The summed E-state index contributed by atoms with van der Waals surface area (Å²) in [5.74, 6) is 0.922. The van der Waals surface area contributed by atoms with Crippen molar-refractivity contribution in [2.45, 2.75) is 26.2 Å². The van der Waals surface area contributed by atoms with Gasteiger partial charge in [-0.3, -0.25) is 14.1 Å². The lowest BCUT2D eigenvalue weighted by molar-refractivity contribution is 0.0950. The van der Waals surface area contributed by atoms with Crippen LogP contribution in [-0.2, 0) is 23.6 Å². The molecular formula is C12H19N3O2S. The van der Waals surface area contributed by atoms with Crippen LogP contribution in [0.15, 0.2) is 0 Å². The van der Waals surface area contributed by atoms with Crippen LogP contribution in [0.2, 0.25) is 0 Å². The van der Waals surface area contributed by atoms with Crippen LogP contribution in [0.4, 0.5) is 0 Å². The van der Waals surface area contributed by atoms with Gasteiger partial charge in [0.05, 0.1) is 0 Å². The number of aromatic amines is 1. The Morgan fingerprint density at radius 1 is 1.61 bits per heavy atom. The monoisotopic (exact) mass is 269 g/mol. The summed E-state index contributed by atoms with van der Waals surface area (Å²) in [7, 11) is -0.879. The van der Waals surface area contributed by atoms with E-state index in [1.165, 1.54) is 0 Å². The van der Waals surface area contributed by atoms with E-state index in [1.54, 1.807) is 6.26 Å². The van der Waals surface area contributed by atoms with E-state index in [9.17, 15) is 9.00 Å². The first kappa shape index (κ1) is 13.3. The van der Waals surface area contributed by atoms with Crippen LogP contribution in [-0.4, -0.2) is 38.9 Å². The van der Waals surface area contributed by atoms with Crippen LogP contribution in [0.3, 0.4) is 0 Å². The molecule has 1 aromatic rings. The lowest BCUT2D eigenvalue weighted by Crippen LogP contribution is -2.29. The van der Waals surface area contributed by atoms with E-state index >= 15 is 0 Å². The van der Waals surface area contributed by atoms with E-state index in [1.807, 2.05) is 0 Å². The molecule has 0 bridgehead atoms. The molecule has 0 saturated carbocycles. The van der Waals surface area contributed by atoms with Gasteiger partial charge in [0.2, 0.25) is 0 Å². The number of H-pyrrole nitrogens is 1. The van der Waals surface area contributed by atoms with Gasteiger partial charge in [-0.15, -0.1) is 0 Å². The highest BCUT2D eigenvalue weighted by molar-refractivity contribution is 7.84. The van der Waals surface area contributed by atoms with Crippen molar-refractivity contribution in [1.82, 2.24) is 15.5 Å². The van der Waals surface area contributed by atoms with Crippen molar-refractivity contribution in [1.29, 1.82) is 0 Å². The molecule has 0 saturated heterocycles. The Labute approximate surface area is 109 Å².